The molecule has 1 aliphatic rings. The molecule has 234 valence electrons. The van der Waals surface area contributed by atoms with Gasteiger partial charge in [-0.1, -0.05) is 48.9 Å². The van der Waals surface area contributed by atoms with Crippen molar-refractivity contribution in [3.63, 3.8) is 0 Å². The topological polar surface area (TPSA) is 101 Å². The number of hydrogen-bond acceptors (Lipinski definition) is 8. The fourth-order valence-electron chi connectivity index (χ4n) is 5.95. The Bertz CT molecular complexity index is 2010. The number of aryl methyl sites for hydroxylation is 1. The van der Waals surface area contributed by atoms with Crippen LogP contribution < -0.4 is 19.6 Å². The number of esters is 2. The third kappa shape index (κ3) is 5.66. The Morgan fingerprint density at radius 2 is 1.78 bits per heavy atom. The minimum absolute atomic E-state index is 0.197. The van der Waals surface area contributed by atoms with E-state index in [1.807, 2.05) is 76.2 Å². The predicted octanol–water partition coefficient (Wildman–Crippen LogP) is 5.09. The molecule has 0 saturated heterocycles. The van der Waals surface area contributed by atoms with E-state index in [9.17, 15) is 14.4 Å². The fraction of sp³-hybridized carbons (Fsp3) is 0.314. The standard InChI is InChI=1S/C35H37N3O6S/c1-8-13-26-30(34(41)44-9-2)31(25-14-10-11-17-28(25)42-6)38-32(39)29(45-35(38)36-26)19-23-18-20(3)37(22(23)5)27-16-12-15-24(21(27)4)33(40)43-7/h10-12,14-19,31H,8-9,13H2,1-7H3/b29-19+/t31-/m1/s1. The lowest BCUT2D eigenvalue weighted by atomic mass is 9.93. The van der Waals surface area contributed by atoms with Gasteiger partial charge in [0, 0.05) is 22.6 Å². The van der Waals surface area contributed by atoms with Crippen LogP contribution in [-0.2, 0) is 14.3 Å². The number of fused-ring (bicyclic) bond motifs is 1. The number of aromatic nitrogens is 2. The summed E-state index contributed by atoms with van der Waals surface area (Å²) in [5, 5.41) is 0. The summed E-state index contributed by atoms with van der Waals surface area (Å²) in [6.07, 6.45) is 3.18. The van der Waals surface area contributed by atoms with Crippen LogP contribution in [-0.4, -0.2) is 41.9 Å². The minimum atomic E-state index is -0.767. The van der Waals surface area contributed by atoms with Gasteiger partial charge < -0.3 is 18.8 Å². The Balaban J connectivity index is 1.73. The van der Waals surface area contributed by atoms with Gasteiger partial charge in [0.1, 0.15) is 11.8 Å². The zero-order valence-corrected chi connectivity index (χ0v) is 27.4. The van der Waals surface area contributed by atoms with Crippen LogP contribution in [0.2, 0.25) is 0 Å². The van der Waals surface area contributed by atoms with E-state index in [4.69, 9.17) is 19.2 Å². The van der Waals surface area contributed by atoms with Crippen molar-refractivity contribution in [3.8, 4) is 11.4 Å². The lowest BCUT2D eigenvalue weighted by molar-refractivity contribution is -0.139. The summed E-state index contributed by atoms with van der Waals surface area (Å²) in [5.41, 5.74) is 6.22. The molecule has 2 aromatic heterocycles. The average Bonchev–Trinajstić information content (AvgIpc) is 3.49. The number of ether oxygens (including phenoxy) is 3. The van der Waals surface area contributed by atoms with E-state index in [0.717, 1.165) is 34.6 Å². The van der Waals surface area contributed by atoms with Crippen molar-refractivity contribution in [1.29, 1.82) is 0 Å². The Hall–Kier alpha value is -4.70. The number of nitrogens with zero attached hydrogens (tertiary/aromatic N) is 3. The van der Waals surface area contributed by atoms with Gasteiger partial charge in [0.2, 0.25) is 0 Å². The Labute approximate surface area is 265 Å². The summed E-state index contributed by atoms with van der Waals surface area (Å²) < 4.78 is 20.3. The largest absolute Gasteiger partial charge is 0.496 e. The number of allylic oxidation sites excluding steroid dienone is 1. The molecule has 0 amide bonds. The van der Waals surface area contributed by atoms with Crippen LogP contribution in [0.15, 0.2) is 69.6 Å². The van der Waals surface area contributed by atoms with Crippen molar-refractivity contribution >= 4 is 29.4 Å². The molecule has 0 N–H and O–H groups in total. The first-order valence-corrected chi connectivity index (χ1v) is 15.7. The molecular formula is C35H37N3O6S. The van der Waals surface area contributed by atoms with Crippen LogP contribution >= 0.6 is 11.3 Å². The first-order chi connectivity index (χ1) is 21.7. The van der Waals surface area contributed by atoms with Gasteiger partial charge in [-0.3, -0.25) is 9.36 Å². The van der Waals surface area contributed by atoms with Gasteiger partial charge in [-0.15, -0.1) is 0 Å². The first kappa shape index (κ1) is 31.7. The lowest BCUT2D eigenvalue weighted by Crippen LogP contribution is -2.40. The van der Waals surface area contributed by atoms with Gasteiger partial charge in [-0.05, 0) is 75.6 Å². The van der Waals surface area contributed by atoms with Crippen molar-refractivity contribution in [1.82, 2.24) is 9.13 Å². The highest BCUT2D eigenvalue weighted by molar-refractivity contribution is 7.07. The molecule has 45 heavy (non-hydrogen) atoms. The number of methoxy groups -OCH3 is 2. The molecular weight excluding hydrogens is 590 g/mol. The number of hydrogen-bond donors (Lipinski definition) is 0. The second-order valence-electron chi connectivity index (χ2n) is 10.8. The van der Waals surface area contributed by atoms with Crippen molar-refractivity contribution in [3.05, 3.63) is 113 Å². The third-order valence-corrected chi connectivity index (χ3v) is 9.02. The molecule has 0 spiro atoms. The number of rotatable bonds is 9. The molecule has 9 nitrogen and oxygen atoms in total. The van der Waals surface area contributed by atoms with Gasteiger partial charge in [0.05, 0.1) is 42.2 Å². The highest BCUT2D eigenvalue weighted by Gasteiger charge is 2.36. The van der Waals surface area contributed by atoms with Crippen molar-refractivity contribution in [2.24, 2.45) is 4.99 Å². The molecule has 0 bridgehead atoms. The Kier molecular flexibility index (Phi) is 9.24. The molecule has 1 atom stereocenters. The summed E-state index contributed by atoms with van der Waals surface area (Å²) in [5.74, 6) is -0.333. The number of carbonyl (C=O) groups is 2. The number of benzene rings is 2. The van der Waals surface area contributed by atoms with Crippen LogP contribution in [0.3, 0.4) is 0 Å². The summed E-state index contributed by atoms with van der Waals surface area (Å²) in [4.78, 5) is 45.5. The van der Waals surface area contributed by atoms with Crippen LogP contribution in [0.4, 0.5) is 0 Å². The summed E-state index contributed by atoms with van der Waals surface area (Å²) in [7, 11) is 2.94. The van der Waals surface area contributed by atoms with Crippen LogP contribution in [0.5, 0.6) is 5.75 Å². The minimum Gasteiger partial charge on any atom is -0.496 e. The smallest absolute Gasteiger partial charge is 0.338 e. The number of para-hydroxylation sites is 1. The van der Waals surface area contributed by atoms with E-state index >= 15 is 0 Å². The van der Waals surface area contributed by atoms with Gasteiger partial charge in [0.25, 0.3) is 5.56 Å². The van der Waals surface area contributed by atoms with E-state index in [2.05, 4.69) is 4.57 Å². The Morgan fingerprint density at radius 3 is 2.47 bits per heavy atom. The quantitative estimate of drug-likeness (QED) is 0.240. The van der Waals surface area contributed by atoms with Crippen LogP contribution in [0.1, 0.15) is 71.2 Å². The maximum atomic E-state index is 14.3. The maximum Gasteiger partial charge on any atom is 0.338 e. The monoisotopic (exact) mass is 627 g/mol. The highest BCUT2D eigenvalue weighted by atomic mass is 32.1. The molecule has 0 fully saturated rings. The molecule has 4 aromatic rings. The second kappa shape index (κ2) is 13.1. The Morgan fingerprint density at radius 1 is 1.02 bits per heavy atom. The number of carbonyl (C=O) groups excluding carboxylic acids is 2. The van der Waals surface area contributed by atoms with E-state index in [1.165, 1.54) is 18.4 Å². The molecule has 10 heteroatoms. The summed E-state index contributed by atoms with van der Waals surface area (Å²) in [6, 6.07) is 14.2. The molecule has 0 saturated carbocycles. The van der Waals surface area contributed by atoms with Crippen molar-refractivity contribution in [2.75, 3.05) is 20.8 Å². The van der Waals surface area contributed by atoms with Gasteiger partial charge in [-0.25, -0.2) is 14.6 Å². The second-order valence-corrected chi connectivity index (χ2v) is 11.8. The van der Waals surface area contributed by atoms with Gasteiger partial charge in [0.15, 0.2) is 4.80 Å². The SMILES string of the molecule is CCCC1=C(C(=O)OCC)[C@@H](c2ccccc2OC)n2c(s/c(=C/c3cc(C)n(-c4cccc(C(=O)OC)c4C)c3C)c2=O)=N1. The average molecular weight is 628 g/mol. The van der Waals surface area contributed by atoms with E-state index in [1.54, 1.807) is 24.7 Å². The number of thiazole rings is 1. The molecule has 1 aliphatic heterocycles. The maximum absolute atomic E-state index is 14.3. The zero-order valence-electron chi connectivity index (χ0n) is 26.6. The zero-order chi connectivity index (χ0) is 32.4. The van der Waals surface area contributed by atoms with E-state index in [0.29, 0.717) is 43.9 Å². The van der Waals surface area contributed by atoms with Gasteiger partial charge in [-0.2, -0.15) is 0 Å². The van der Waals surface area contributed by atoms with Crippen molar-refractivity contribution in [2.45, 2.75) is 53.5 Å². The molecule has 0 aliphatic carbocycles. The normalized spacial score (nSPS) is 14.6. The molecule has 0 unspecified atom stereocenters. The highest BCUT2D eigenvalue weighted by Crippen LogP contribution is 2.37. The summed E-state index contributed by atoms with van der Waals surface area (Å²) in [6.45, 7) is 9.84. The van der Waals surface area contributed by atoms with Crippen molar-refractivity contribution < 1.29 is 23.8 Å². The first-order valence-electron chi connectivity index (χ1n) is 14.9. The predicted molar refractivity (Wildman–Crippen MR) is 174 cm³/mol. The fourth-order valence-corrected chi connectivity index (χ4v) is 6.96. The summed E-state index contributed by atoms with van der Waals surface area (Å²) >= 11 is 1.29. The molecule has 0 radical (unpaired) electrons. The molecule has 5 rings (SSSR count). The van der Waals surface area contributed by atoms with Crippen LogP contribution in [0.25, 0.3) is 11.8 Å². The molecule has 3 heterocycles. The lowest BCUT2D eigenvalue weighted by Gasteiger charge is -2.26. The van der Waals surface area contributed by atoms with E-state index < -0.39 is 18.0 Å². The third-order valence-electron chi connectivity index (χ3n) is 8.03. The van der Waals surface area contributed by atoms with Gasteiger partial charge >= 0.3 is 11.9 Å². The molecule has 2 aromatic carbocycles. The van der Waals surface area contributed by atoms with Crippen LogP contribution in [0, 0.1) is 20.8 Å². The van der Waals surface area contributed by atoms with E-state index in [-0.39, 0.29) is 12.2 Å².